The Bertz CT molecular complexity index is 886. The van der Waals surface area contributed by atoms with E-state index >= 15 is 0 Å². The number of halogens is 2. The van der Waals surface area contributed by atoms with Gasteiger partial charge in [0.25, 0.3) is 5.91 Å². The number of carbonyl (C=O) groups is 1. The fourth-order valence-corrected chi connectivity index (χ4v) is 2.86. The van der Waals surface area contributed by atoms with E-state index in [0.29, 0.717) is 23.7 Å². The van der Waals surface area contributed by atoms with Gasteiger partial charge in [-0.05, 0) is 48.0 Å². The van der Waals surface area contributed by atoms with E-state index in [9.17, 15) is 4.79 Å². The van der Waals surface area contributed by atoms with Gasteiger partial charge in [-0.1, -0.05) is 45.7 Å². The Labute approximate surface area is 165 Å². The molecular formula is C20H16BrClN2O2. The molecule has 1 aromatic heterocycles. The van der Waals surface area contributed by atoms with Crippen molar-refractivity contribution in [2.24, 2.45) is 0 Å². The number of benzene rings is 2. The van der Waals surface area contributed by atoms with Crippen LogP contribution in [0.25, 0.3) is 0 Å². The standard InChI is InChI=1S/C20H16BrClN2O2/c21-15-6-9-19(22)18(11-15)20(25)24-12-14-4-7-17(8-5-14)26-13-16-3-1-2-10-23-16/h1-11H,12-13H2,(H,24,25). The Morgan fingerprint density at radius 2 is 1.92 bits per heavy atom. The molecule has 0 fully saturated rings. The second-order valence-corrected chi connectivity index (χ2v) is 6.88. The van der Waals surface area contributed by atoms with Gasteiger partial charge < -0.3 is 10.1 Å². The van der Waals surface area contributed by atoms with Crippen LogP contribution in [0.3, 0.4) is 0 Å². The molecule has 2 aromatic carbocycles. The topological polar surface area (TPSA) is 51.2 Å². The predicted octanol–water partition coefficient (Wildman–Crippen LogP) is 5.01. The zero-order valence-corrected chi connectivity index (χ0v) is 16.1. The summed E-state index contributed by atoms with van der Waals surface area (Å²) in [7, 11) is 0. The number of aromatic nitrogens is 1. The maximum atomic E-state index is 12.3. The SMILES string of the molecule is O=C(NCc1ccc(OCc2ccccn2)cc1)c1cc(Br)ccc1Cl. The van der Waals surface area contributed by atoms with Crippen molar-refractivity contribution in [1.29, 1.82) is 0 Å². The van der Waals surface area contributed by atoms with E-state index in [1.807, 2.05) is 42.5 Å². The Kier molecular flexibility index (Phi) is 6.26. The van der Waals surface area contributed by atoms with Crippen LogP contribution < -0.4 is 10.1 Å². The molecule has 1 heterocycles. The number of ether oxygens (including phenoxy) is 1. The Hall–Kier alpha value is -2.37. The molecule has 0 saturated heterocycles. The van der Waals surface area contributed by atoms with E-state index < -0.39 is 0 Å². The molecule has 26 heavy (non-hydrogen) atoms. The van der Waals surface area contributed by atoms with Crippen molar-refractivity contribution in [2.75, 3.05) is 0 Å². The molecule has 0 aliphatic rings. The highest BCUT2D eigenvalue weighted by atomic mass is 79.9. The summed E-state index contributed by atoms with van der Waals surface area (Å²) in [4.78, 5) is 16.5. The van der Waals surface area contributed by atoms with E-state index in [0.717, 1.165) is 21.5 Å². The summed E-state index contributed by atoms with van der Waals surface area (Å²) in [6, 6.07) is 18.5. The van der Waals surface area contributed by atoms with Gasteiger partial charge in [0.1, 0.15) is 12.4 Å². The molecule has 0 unspecified atom stereocenters. The van der Waals surface area contributed by atoms with E-state index in [1.54, 1.807) is 24.4 Å². The predicted molar refractivity (Wildman–Crippen MR) is 105 cm³/mol. The van der Waals surface area contributed by atoms with Gasteiger partial charge in [0.15, 0.2) is 0 Å². The van der Waals surface area contributed by atoms with Crippen molar-refractivity contribution in [3.05, 3.63) is 93.2 Å². The monoisotopic (exact) mass is 430 g/mol. The van der Waals surface area contributed by atoms with Crippen molar-refractivity contribution >= 4 is 33.4 Å². The van der Waals surface area contributed by atoms with Crippen LogP contribution in [0, 0.1) is 0 Å². The maximum Gasteiger partial charge on any atom is 0.253 e. The highest BCUT2D eigenvalue weighted by Gasteiger charge is 2.10. The molecule has 3 rings (SSSR count). The van der Waals surface area contributed by atoms with Crippen molar-refractivity contribution in [1.82, 2.24) is 10.3 Å². The van der Waals surface area contributed by atoms with E-state index in [4.69, 9.17) is 16.3 Å². The third kappa shape index (κ3) is 5.07. The summed E-state index contributed by atoms with van der Waals surface area (Å²) in [5.74, 6) is 0.535. The van der Waals surface area contributed by atoms with Crippen LogP contribution in [0.2, 0.25) is 5.02 Å². The number of pyridine rings is 1. The molecule has 0 radical (unpaired) electrons. The van der Waals surface area contributed by atoms with Gasteiger partial charge in [0, 0.05) is 17.2 Å². The fraction of sp³-hybridized carbons (Fsp3) is 0.100. The smallest absolute Gasteiger partial charge is 0.253 e. The van der Waals surface area contributed by atoms with Crippen molar-refractivity contribution in [3.8, 4) is 5.75 Å². The zero-order valence-electron chi connectivity index (χ0n) is 13.8. The van der Waals surface area contributed by atoms with Gasteiger partial charge in [-0.15, -0.1) is 0 Å². The quantitative estimate of drug-likeness (QED) is 0.597. The number of amides is 1. The van der Waals surface area contributed by atoms with Crippen molar-refractivity contribution in [2.45, 2.75) is 13.2 Å². The van der Waals surface area contributed by atoms with Crippen LogP contribution in [0.4, 0.5) is 0 Å². The summed E-state index contributed by atoms with van der Waals surface area (Å²) in [5.41, 5.74) is 2.28. The van der Waals surface area contributed by atoms with Crippen LogP contribution in [0.1, 0.15) is 21.6 Å². The molecule has 0 spiro atoms. The number of hydrogen-bond acceptors (Lipinski definition) is 3. The number of carbonyl (C=O) groups excluding carboxylic acids is 1. The lowest BCUT2D eigenvalue weighted by Crippen LogP contribution is -2.23. The summed E-state index contributed by atoms with van der Waals surface area (Å²) in [6.45, 7) is 0.820. The third-order valence-corrected chi connectivity index (χ3v) is 4.49. The molecule has 4 nitrogen and oxygen atoms in total. The molecule has 0 atom stereocenters. The van der Waals surface area contributed by atoms with E-state index in [1.165, 1.54) is 0 Å². The fourth-order valence-electron chi connectivity index (χ4n) is 2.29. The van der Waals surface area contributed by atoms with Crippen LogP contribution in [0.15, 0.2) is 71.3 Å². The average Bonchev–Trinajstić information content (AvgIpc) is 2.68. The van der Waals surface area contributed by atoms with E-state index in [-0.39, 0.29) is 5.91 Å². The molecule has 0 aliphatic carbocycles. The lowest BCUT2D eigenvalue weighted by molar-refractivity contribution is 0.0951. The first-order valence-electron chi connectivity index (χ1n) is 7.97. The molecule has 6 heteroatoms. The highest BCUT2D eigenvalue weighted by Crippen LogP contribution is 2.21. The van der Waals surface area contributed by atoms with Crippen LogP contribution >= 0.6 is 27.5 Å². The summed E-state index contributed by atoms with van der Waals surface area (Å²) in [6.07, 6.45) is 1.74. The molecule has 0 aliphatic heterocycles. The number of rotatable bonds is 6. The first-order chi connectivity index (χ1) is 12.6. The highest BCUT2D eigenvalue weighted by molar-refractivity contribution is 9.10. The number of nitrogens with zero attached hydrogens (tertiary/aromatic N) is 1. The zero-order chi connectivity index (χ0) is 18.4. The van der Waals surface area contributed by atoms with Crippen LogP contribution in [-0.2, 0) is 13.2 Å². The maximum absolute atomic E-state index is 12.3. The summed E-state index contributed by atoms with van der Waals surface area (Å²) in [5, 5.41) is 3.29. The number of hydrogen-bond donors (Lipinski definition) is 1. The molecular weight excluding hydrogens is 416 g/mol. The minimum atomic E-state index is -0.216. The summed E-state index contributed by atoms with van der Waals surface area (Å²) < 4.78 is 6.51. The molecule has 0 saturated carbocycles. The second-order valence-electron chi connectivity index (χ2n) is 5.56. The lowest BCUT2D eigenvalue weighted by atomic mass is 10.2. The van der Waals surface area contributed by atoms with Crippen molar-refractivity contribution in [3.63, 3.8) is 0 Å². The average molecular weight is 432 g/mol. The minimum absolute atomic E-state index is 0.216. The minimum Gasteiger partial charge on any atom is -0.487 e. The van der Waals surface area contributed by atoms with Gasteiger partial charge in [-0.25, -0.2) is 0 Å². The Morgan fingerprint density at radius 3 is 2.65 bits per heavy atom. The third-order valence-electron chi connectivity index (χ3n) is 3.66. The molecule has 132 valence electrons. The van der Waals surface area contributed by atoms with Gasteiger partial charge >= 0.3 is 0 Å². The first kappa shape index (κ1) is 18.4. The first-order valence-corrected chi connectivity index (χ1v) is 9.14. The van der Waals surface area contributed by atoms with Gasteiger partial charge in [0.2, 0.25) is 0 Å². The van der Waals surface area contributed by atoms with Crippen molar-refractivity contribution < 1.29 is 9.53 Å². The van der Waals surface area contributed by atoms with E-state index in [2.05, 4.69) is 26.2 Å². The molecule has 1 N–H and O–H groups in total. The summed E-state index contributed by atoms with van der Waals surface area (Å²) >= 11 is 9.42. The largest absolute Gasteiger partial charge is 0.487 e. The van der Waals surface area contributed by atoms with Gasteiger partial charge in [-0.2, -0.15) is 0 Å². The molecule has 0 bridgehead atoms. The van der Waals surface area contributed by atoms with Crippen LogP contribution in [0.5, 0.6) is 5.75 Å². The Morgan fingerprint density at radius 1 is 1.12 bits per heavy atom. The molecule has 1 amide bonds. The molecule has 3 aromatic rings. The van der Waals surface area contributed by atoms with Gasteiger partial charge in [-0.3, -0.25) is 9.78 Å². The normalized spacial score (nSPS) is 10.4. The van der Waals surface area contributed by atoms with Gasteiger partial charge in [0.05, 0.1) is 16.3 Å². The number of nitrogens with one attached hydrogen (secondary N) is 1. The lowest BCUT2D eigenvalue weighted by Gasteiger charge is -2.09. The Balaban J connectivity index is 1.54. The van der Waals surface area contributed by atoms with Crippen LogP contribution in [-0.4, -0.2) is 10.9 Å². The second kappa shape index (κ2) is 8.83.